The molecule has 0 bridgehead atoms. The summed E-state index contributed by atoms with van der Waals surface area (Å²) in [4.78, 5) is 0. The maximum absolute atomic E-state index is 3.99. The van der Waals surface area contributed by atoms with Gasteiger partial charge in [0.25, 0.3) is 0 Å². The molecule has 0 saturated carbocycles. The van der Waals surface area contributed by atoms with Gasteiger partial charge in [-0.05, 0) is 19.8 Å². The average Bonchev–Trinajstić information content (AvgIpc) is 2.60. The minimum atomic E-state index is 0.0481. The molecule has 1 spiro atoms. The zero-order valence-electron chi connectivity index (χ0n) is 5.59. The van der Waals surface area contributed by atoms with Crippen molar-refractivity contribution in [3.05, 3.63) is 0 Å². The van der Waals surface area contributed by atoms with Crippen LogP contribution in [0.15, 0.2) is 10.2 Å². The molecule has 2 rings (SSSR count). The topological polar surface area (TPSA) is 36.8 Å². The molecule has 1 atom stereocenters. The number of nitrogens with one attached hydrogen (secondary N) is 1. The minimum absolute atomic E-state index is 0.0481. The molecule has 2 aliphatic rings. The molecule has 1 saturated heterocycles. The molecule has 3 nitrogen and oxygen atoms in total. The molecule has 1 N–H and O–H groups in total. The predicted molar refractivity (Wildman–Crippen MR) is 34.3 cm³/mol. The van der Waals surface area contributed by atoms with Gasteiger partial charge in [0.05, 0.1) is 0 Å². The fraction of sp³-hybridized carbons (Fsp3) is 1.00. The first-order chi connectivity index (χ1) is 4.31. The van der Waals surface area contributed by atoms with Gasteiger partial charge in [-0.1, -0.05) is 0 Å². The van der Waals surface area contributed by atoms with Gasteiger partial charge in [0.15, 0.2) is 0 Å². The fourth-order valence-electron chi connectivity index (χ4n) is 1.22. The van der Waals surface area contributed by atoms with E-state index in [0.29, 0.717) is 6.04 Å². The lowest BCUT2D eigenvalue weighted by Crippen LogP contribution is -2.41. The Labute approximate surface area is 54.5 Å². The zero-order chi connectivity index (χ0) is 6.32. The van der Waals surface area contributed by atoms with E-state index in [0.717, 1.165) is 13.0 Å². The Hall–Kier alpha value is -0.440. The van der Waals surface area contributed by atoms with Crippen molar-refractivity contribution in [2.45, 2.75) is 31.5 Å². The second kappa shape index (κ2) is 1.53. The van der Waals surface area contributed by atoms with Crippen LogP contribution in [-0.2, 0) is 0 Å². The minimum Gasteiger partial charge on any atom is -0.310 e. The summed E-state index contributed by atoms with van der Waals surface area (Å²) in [5.74, 6) is 0. The Balaban J connectivity index is 1.92. The standard InChI is InChI=1S/C6H11N3/c1-5-2-3-6(4-7-5)8-9-6/h5,7H,2-4H2,1H3. The molecule has 2 heterocycles. The van der Waals surface area contributed by atoms with E-state index in [9.17, 15) is 0 Å². The van der Waals surface area contributed by atoms with Crippen molar-refractivity contribution in [3.8, 4) is 0 Å². The highest BCUT2D eigenvalue weighted by atomic mass is 15.5. The van der Waals surface area contributed by atoms with Crippen molar-refractivity contribution in [3.63, 3.8) is 0 Å². The Morgan fingerprint density at radius 3 is 2.78 bits per heavy atom. The number of hydrogen-bond acceptors (Lipinski definition) is 3. The molecule has 0 aromatic heterocycles. The van der Waals surface area contributed by atoms with Crippen LogP contribution in [0.4, 0.5) is 0 Å². The molecule has 3 heteroatoms. The van der Waals surface area contributed by atoms with E-state index in [2.05, 4.69) is 22.5 Å². The third kappa shape index (κ3) is 0.852. The highest BCUT2D eigenvalue weighted by molar-refractivity contribution is 4.99. The molecule has 50 valence electrons. The zero-order valence-corrected chi connectivity index (χ0v) is 5.59. The molecule has 1 fully saturated rings. The highest BCUT2D eigenvalue weighted by Gasteiger charge is 2.42. The van der Waals surface area contributed by atoms with Crippen LogP contribution < -0.4 is 5.32 Å². The van der Waals surface area contributed by atoms with Crippen LogP contribution in [0, 0.1) is 0 Å². The summed E-state index contributed by atoms with van der Waals surface area (Å²) in [7, 11) is 0. The van der Waals surface area contributed by atoms with Crippen molar-refractivity contribution < 1.29 is 0 Å². The predicted octanol–water partition coefficient (Wildman–Crippen LogP) is 0.920. The van der Waals surface area contributed by atoms with E-state index in [-0.39, 0.29) is 5.66 Å². The van der Waals surface area contributed by atoms with E-state index < -0.39 is 0 Å². The molecule has 0 aromatic rings. The first kappa shape index (κ1) is 5.35. The van der Waals surface area contributed by atoms with Gasteiger partial charge in [-0.15, -0.1) is 0 Å². The smallest absolute Gasteiger partial charge is 0.203 e. The number of rotatable bonds is 0. The van der Waals surface area contributed by atoms with Gasteiger partial charge in [0, 0.05) is 12.6 Å². The maximum Gasteiger partial charge on any atom is 0.203 e. The SMILES string of the molecule is CC1CCC2(CN1)N=N2. The second-order valence-electron chi connectivity index (χ2n) is 3.00. The van der Waals surface area contributed by atoms with Gasteiger partial charge in [-0.25, -0.2) is 0 Å². The summed E-state index contributed by atoms with van der Waals surface area (Å²) in [6, 6.07) is 0.668. The Morgan fingerprint density at radius 2 is 2.33 bits per heavy atom. The summed E-state index contributed by atoms with van der Waals surface area (Å²) in [6.07, 6.45) is 2.37. The summed E-state index contributed by atoms with van der Waals surface area (Å²) in [5, 5.41) is 11.3. The molecule has 1 unspecified atom stereocenters. The quantitative estimate of drug-likeness (QED) is 0.513. The lowest BCUT2D eigenvalue weighted by atomic mass is 9.99. The van der Waals surface area contributed by atoms with Crippen LogP contribution in [0.2, 0.25) is 0 Å². The van der Waals surface area contributed by atoms with Gasteiger partial charge in [-0.3, -0.25) is 0 Å². The van der Waals surface area contributed by atoms with E-state index in [4.69, 9.17) is 0 Å². The molecule has 0 amide bonds. The third-order valence-corrected chi connectivity index (χ3v) is 2.09. The lowest BCUT2D eigenvalue weighted by molar-refractivity contribution is 0.351. The normalized spacial score (nSPS) is 37.2. The highest BCUT2D eigenvalue weighted by Crippen LogP contribution is 2.35. The van der Waals surface area contributed by atoms with Gasteiger partial charge < -0.3 is 5.32 Å². The number of hydrogen-bond donors (Lipinski definition) is 1. The third-order valence-electron chi connectivity index (χ3n) is 2.09. The number of nitrogens with zero attached hydrogens (tertiary/aromatic N) is 2. The van der Waals surface area contributed by atoms with Crippen molar-refractivity contribution in [2.24, 2.45) is 10.2 Å². The van der Waals surface area contributed by atoms with Crippen molar-refractivity contribution in [2.75, 3.05) is 6.54 Å². The average molecular weight is 125 g/mol. The van der Waals surface area contributed by atoms with Gasteiger partial charge in [0.2, 0.25) is 5.66 Å². The monoisotopic (exact) mass is 125 g/mol. The Kier molecular flexibility index (Phi) is 0.913. The summed E-state index contributed by atoms with van der Waals surface area (Å²) in [6.45, 7) is 3.17. The van der Waals surface area contributed by atoms with Crippen LogP contribution in [0.5, 0.6) is 0 Å². The van der Waals surface area contributed by atoms with Crippen LogP contribution in [0.3, 0.4) is 0 Å². The van der Waals surface area contributed by atoms with Crippen molar-refractivity contribution in [1.82, 2.24) is 5.32 Å². The fourth-order valence-corrected chi connectivity index (χ4v) is 1.22. The molecule has 0 aromatic carbocycles. The molecule has 9 heavy (non-hydrogen) atoms. The Bertz CT molecular complexity index is 136. The summed E-state index contributed by atoms with van der Waals surface area (Å²) < 4.78 is 0. The first-order valence-corrected chi connectivity index (χ1v) is 3.48. The van der Waals surface area contributed by atoms with E-state index in [1.807, 2.05) is 0 Å². The molecular weight excluding hydrogens is 114 g/mol. The van der Waals surface area contributed by atoms with E-state index in [1.54, 1.807) is 0 Å². The van der Waals surface area contributed by atoms with Crippen LogP contribution >= 0.6 is 0 Å². The second-order valence-corrected chi connectivity index (χ2v) is 3.00. The molecule has 2 aliphatic heterocycles. The van der Waals surface area contributed by atoms with Crippen LogP contribution in [0.1, 0.15) is 19.8 Å². The molecular formula is C6H11N3. The maximum atomic E-state index is 3.99. The van der Waals surface area contributed by atoms with Crippen molar-refractivity contribution >= 4 is 0 Å². The van der Waals surface area contributed by atoms with Gasteiger partial charge >= 0.3 is 0 Å². The van der Waals surface area contributed by atoms with Crippen molar-refractivity contribution in [1.29, 1.82) is 0 Å². The van der Waals surface area contributed by atoms with Crippen LogP contribution in [0.25, 0.3) is 0 Å². The molecule has 0 radical (unpaired) electrons. The largest absolute Gasteiger partial charge is 0.310 e. The first-order valence-electron chi connectivity index (χ1n) is 3.48. The van der Waals surface area contributed by atoms with E-state index >= 15 is 0 Å². The lowest BCUT2D eigenvalue weighted by Gasteiger charge is -2.23. The Morgan fingerprint density at radius 1 is 1.56 bits per heavy atom. The summed E-state index contributed by atoms with van der Waals surface area (Å²) >= 11 is 0. The summed E-state index contributed by atoms with van der Waals surface area (Å²) in [5.41, 5.74) is 0.0481. The van der Waals surface area contributed by atoms with Gasteiger partial charge in [-0.2, -0.15) is 10.2 Å². The molecule has 0 aliphatic carbocycles. The van der Waals surface area contributed by atoms with Crippen LogP contribution in [-0.4, -0.2) is 18.2 Å². The van der Waals surface area contributed by atoms with Gasteiger partial charge in [0.1, 0.15) is 0 Å². The van der Waals surface area contributed by atoms with E-state index in [1.165, 1.54) is 6.42 Å². The number of piperidine rings is 1.